The number of hydrogen-bond donors (Lipinski definition) is 0. The van der Waals surface area contributed by atoms with Crippen LogP contribution in [-0.4, -0.2) is 9.55 Å². The Hall–Kier alpha value is -2.87. The first-order valence-corrected chi connectivity index (χ1v) is 12.7. The molecule has 0 radical (unpaired) electrons. The number of nitrogens with zero attached hydrogens (tertiary/aromatic N) is 2. The van der Waals surface area contributed by atoms with Gasteiger partial charge >= 0.3 is 0 Å². The summed E-state index contributed by atoms with van der Waals surface area (Å²) in [7, 11) is 0. The monoisotopic (exact) mass is 434 g/mol. The molecule has 1 aromatic heterocycles. The average Bonchev–Trinajstić information content (AvgIpc) is 3.17. The van der Waals surface area contributed by atoms with Gasteiger partial charge < -0.3 is 0 Å². The molecule has 1 fully saturated rings. The second-order valence-electron chi connectivity index (χ2n) is 10.8. The van der Waals surface area contributed by atoms with Gasteiger partial charge in [-0.25, -0.2) is 4.98 Å². The topological polar surface area (TPSA) is 17.8 Å². The molecule has 168 valence electrons. The first-order chi connectivity index (χ1) is 16.0. The molecule has 3 aromatic carbocycles. The number of rotatable bonds is 4. The summed E-state index contributed by atoms with van der Waals surface area (Å²) in [5.74, 6) is 3.17. The van der Waals surface area contributed by atoms with E-state index < -0.39 is 0 Å². The first-order valence-electron chi connectivity index (χ1n) is 12.7. The minimum absolute atomic E-state index is 0.639. The van der Waals surface area contributed by atoms with Crippen molar-refractivity contribution in [2.75, 3.05) is 0 Å². The van der Waals surface area contributed by atoms with Crippen LogP contribution in [-0.2, 0) is 6.42 Å². The zero-order valence-electron chi connectivity index (χ0n) is 20.4. The summed E-state index contributed by atoms with van der Waals surface area (Å²) in [6, 6.07) is 20.6. The van der Waals surface area contributed by atoms with Crippen molar-refractivity contribution in [2.45, 2.75) is 71.6 Å². The van der Waals surface area contributed by atoms with Crippen molar-refractivity contribution in [2.24, 2.45) is 5.92 Å². The molecular weight excluding hydrogens is 400 g/mol. The van der Waals surface area contributed by atoms with Crippen molar-refractivity contribution >= 4 is 11.0 Å². The zero-order chi connectivity index (χ0) is 22.7. The quantitative estimate of drug-likeness (QED) is 0.316. The van der Waals surface area contributed by atoms with Gasteiger partial charge in [0, 0.05) is 5.56 Å². The molecule has 0 spiro atoms. The first kappa shape index (κ1) is 20.7. The lowest BCUT2D eigenvalue weighted by Crippen LogP contribution is -2.21. The van der Waals surface area contributed by atoms with E-state index >= 15 is 0 Å². The molecular formula is C31H34N2. The van der Waals surface area contributed by atoms with Crippen LogP contribution in [0.1, 0.15) is 79.2 Å². The lowest BCUT2D eigenvalue weighted by molar-refractivity contribution is 0.359. The third kappa shape index (κ3) is 3.42. The number of aromatic nitrogens is 2. The second-order valence-corrected chi connectivity index (χ2v) is 10.8. The molecule has 0 aliphatic heterocycles. The van der Waals surface area contributed by atoms with Crippen LogP contribution in [0.4, 0.5) is 0 Å². The normalized spacial score (nSPS) is 19.4. The summed E-state index contributed by atoms with van der Waals surface area (Å²) in [5.41, 5.74) is 12.1. The molecule has 0 unspecified atom stereocenters. The van der Waals surface area contributed by atoms with Gasteiger partial charge in [-0.1, -0.05) is 50.2 Å². The lowest BCUT2D eigenvalue weighted by atomic mass is 9.67. The Balaban J connectivity index is 1.64. The predicted molar refractivity (Wildman–Crippen MR) is 138 cm³/mol. The zero-order valence-corrected chi connectivity index (χ0v) is 20.4. The predicted octanol–water partition coefficient (Wildman–Crippen LogP) is 8.26. The molecule has 2 heteroatoms. The molecule has 0 N–H and O–H groups in total. The number of fused-ring (bicyclic) bond motifs is 3. The van der Waals surface area contributed by atoms with E-state index in [1.165, 1.54) is 59.1 Å². The molecule has 1 heterocycles. The van der Waals surface area contributed by atoms with Crippen molar-refractivity contribution in [1.29, 1.82) is 0 Å². The molecule has 1 saturated carbocycles. The molecule has 7 rings (SSSR count). The van der Waals surface area contributed by atoms with E-state index in [9.17, 15) is 0 Å². The molecule has 0 atom stereocenters. The lowest BCUT2D eigenvalue weighted by Gasteiger charge is -2.38. The van der Waals surface area contributed by atoms with Crippen molar-refractivity contribution in [3.63, 3.8) is 0 Å². The van der Waals surface area contributed by atoms with E-state index in [2.05, 4.69) is 86.9 Å². The van der Waals surface area contributed by atoms with Gasteiger partial charge in [-0.2, -0.15) is 0 Å². The highest BCUT2D eigenvalue weighted by Gasteiger charge is 2.34. The largest absolute Gasteiger partial charge is 0.292 e. The summed E-state index contributed by atoms with van der Waals surface area (Å²) in [6.45, 7) is 9.04. The smallest absolute Gasteiger partial charge is 0.145 e. The molecule has 2 nitrogen and oxygen atoms in total. The SMILES string of the molecule is Cc1cccc(C)c1-n1c(-c2cccc(CC(C)C)c2)nc2cc3c(cc21)C1CCC3CC1. The van der Waals surface area contributed by atoms with Gasteiger partial charge in [0.2, 0.25) is 0 Å². The Morgan fingerprint density at radius 2 is 1.48 bits per heavy atom. The summed E-state index contributed by atoms with van der Waals surface area (Å²) in [4.78, 5) is 5.32. The minimum Gasteiger partial charge on any atom is -0.292 e. The summed E-state index contributed by atoms with van der Waals surface area (Å²) >= 11 is 0. The summed E-state index contributed by atoms with van der Waals surface area (Å²) < 4.78 is 2.46. The van der Waals surface area contributed by atoms with Gasteiger partial charge in [-0.15, -0.1) is 0 Å². The van der Waals surface area contributed by atoms with Crippen LogP contribution in [0.5, 0.6) is 0 Å². The maximum Gasteiger partial charge on any atom is 0.145 e. The summed E-state index contributed by atoms with van der Waals surface area (Å²) in [6.07, 6.45) is 6.50. The third-order valence-electron chi connectivity index (χ3n) is 7.96. The van der Waals surface area contributed by atoms with Crippen molar-refractivity contribution in [3.05, 3.63) is 82.4 Å². The highest BCUT2D eigenvalue weighted by molar-refractivity contribution is 5.86. The highest BCUT2D eigenvalue weighted by atomic mass is 15.1. The van der Waals surface area contributed by atoms with Crippen LogP contribution < -0.4 is 0 Å². The van der Waals surface area contributed by atoms with Gasteiger partial charge in [-0.3, -0.25) is 4.57 Å². The number of benzene rings is 3. The van der Waals surface area contributed by atoms with Crippen molar-refractivity contribution in [3.8, 4) is 17.1 Å². The molecule has 33 heavy (non-hydrogen) atoms. The Bertz CT molecular complexity index is 1330. The fourth-order valence-electron chi connectivity index (χ4n) is 6.47. The van der Waals surface area contributed by atoms with E-state index in [0.717, 1.165) is 29.6 Å². The van der Waals surface area contributed by atoms with Gasteiger partial charge in [-0.05, 0) is 110 Å². The molecule has 4 aromatic rings. The van der Waals surface area contributed by atoms with E-state index in [-0.39, 0.29) is 0 Å². The van der Waals surface area contributed by atoms with Crippen molar-refractivity contribution in [1.82, 2.24) is 9.55 Å². The second kappa shape index (κ2) is 7.87. The fraction of sp³-hybridized carbons (Fsp3) is 0.387. The highest BCUT2D eigenvalue weighted by Crippen LogP contribution is 2.50. The molecule has 3 aliphatic carbocycles. The van der Waals surface area contributed by atoms with Crippen molar-refractivity contribution < 1.29 is 0 Å². The molecule has 2 bridgehead atoms. The molecule has 0 saturated heterocycles. The minimum atomic E-state index is 0.639. The van der Waals surface area contributed by atoms with Crippen LogP contribution in [0.15, 0.2) is 54.6 Å². The van der Waals surface area contributed by atoms with Gasteiger partial charge in [0.05, 0.1) is 16.7 Å². The fourth-order valence-corrected chi connectivity index (χ4v) is 6.47. The maximum atomic E-state index is 5.32. The van der Waals surface area contributed by atoms with Crippen LogP contribution >= 0.6 is 0 Å². The average molecular weight is 435 g/mol. The standard InChI is InChI=1S/C31H34N2/c1-19(2)15-22-9-6-10-25(16-22)31-32-28-17-26-23-11-13-24(14-12-23)27(26)18-29(28)33(31)30-20(3)7-5-8-21(30)4/h5-10,16-19,23-24H,11-15H2,1-4H3. The van der Waals surface area contributed by atoms with E-state index in [4.69, 9.17) is 4.98 Å². The van der Waals surface area contributed by atoms with Crippen LogP contribution in [0.25, 0.3) is 28.1 Å². The van der Waals surface area contributed by atoms with E-state index in [0.29, 0.717) is 5.92 Å². The maximum absolute atomic E-state index is 5.32. The number of imidazole rings is 1. The van der Waals surface area contributed by atoms with E-state index in [1.54, 1.807) is 11.1 Å². The molecule has 0 amide bonds. The number of hydrogen-bond acceptors (Lipinski definition) is 1. The Morgan fingerprint density at radius 1 is 0.848 bits per heavy atom. The van der Waals surface area contributed by atoms with Gasteiger partial charge in [0.1, 0.15) is 5.82 Å². The Morgan fingerprint density at radius 3 is 2.15 bits per heavy atom. The van der Waals surface area contributed by atoms with Gasteiger partial charge in [0.25, 0.3) is 0 Å². The van der Waals surface area contributed by atoms with Crippen LogP contribution in [0.3, 0.4) is 0 Å². The van der Waals surface area contributed by atoms with E-state index in [1.807, 2.05) is 0 Å². The third-order valence-corrected chi connectivity index (χ3v) is 7.96. The van der Waals surface area contributed by atoms with Crippen LogP contribution in [0, 0.1) is 19.8 Å². The molecule has 3 aliphatic rings. The Kier molecular flexibility index (Phi) is 4.94. The number of aryl methyl sites for hydroxylation is 2. The van der Waals surface area contributed by atoms with Crippen LogP contribution in [0.2, 0.25) is 0 Å². The number of para-hydroxylation sites is 1. The van der Waals surface area contributed by atoms with Gasteiger partial charge in [0.15, 0.2) is 0 Å². The summed E-state index contributed by atoms with van der Waals surface area (Å²) in [5, 5.41) is 0. The Labute approximate surface area is 197 Å².